The Bertz CT molecular complexity index is 1070. The number of nitrogens with one attached hydrogen (secondary N) is 2. The van der Waals surface area contributed by atoms with Crippen LogP contribution in [0.3, 0.4) is 0 Å². The van der Waals surface area contributed by atoms with Gasteiger partial charge in [-0.25, -0.2) is 8.42 Å². The van der Waals surface area contributed by atoms with Crippen LogP contribution in [-0.4, -0.2) is 49.7 Å². The third-order valence-corrected chi connectivity index (χ3v) is 7.42. The summed E-state index contributed by atoms with van der Waals surface area (Å²) in [7, 11) is -2.91. The van der Waals surface area contributed by atoms with E-state index in [0.29, 0.717) is 37.3 Å². The number of carbonyl (C=O) groups excluding carboxylic acids is 2. The summed E-state index contributed by atoms with van der Waals surface area (Å²) in [6, 6.07) is 15.0. The second-order valence-electron chi connectivity index (χ2n) is 8.22. The van der Waals surface area contributed by atoms with Gasteiger partial charge in [-0.1, -0.05) is 24.3 Å². The highest BCUT2D eigenvalue weighted by molar-refractivity contribution is 7.91. The van der Waals surface area contributed by atoms with E-state index in [9.17, 15) is 18.0 Å². The lowest BCUT2D eigenvalue weighted by molar-refractivity contribution is -0.123. The lowest BCUT2D eigenvalue weighted by Gasteiger charge is -2.26. The maximum absolute atomic E-state index is 12.8. The van der Waals surface area contributed by atoms with Crippen molar-refractivity contribution in [3.63, 3.8) is 0 Å². The number of carbonyl (C=O) groups is 2. The molecule has 0 radical (unpaired) electrons. The molecule has 1 unspecified atom stereocenters. The number of hydrogen-bond donors (Lipinski definition) is 2. The summed E-state index contributed by atoms with van der Waals surface area (Å²) in [6.45, 7) is 1.65. The van der Waals surface area contributed by atoms with Crippen LogP contribution < -0.4 is 10.6 Å². The molecule has 4 rings (SSSR count). The van der Waals surface area contributed by atoms with Gasteiger partial charge < -0.3 is 10.6 Å². The molecular formula is C23H27N3O4S. The van der Waals surface area contributed by atoms with Crippen LogP contribution in [0.15, 0.2) is 48.5 Å². The standard InChI is InChI=1S/C23H27N3O4S/c27-22-9-3-8-21(25-22)18-5-2-7-20(15-18)24-23(28)19-6-1-4-17(14-19)16-26-10-12-31(29,30)13-11-26/h1-2,4-7,14-15,21H,3,8-13,16H2,(H,24,28)(H,25,27). The number of anilines is 1. The molecule has 164 valence electrons. The first-order valence-corrected chi connectivity index (χ1v) is 12.4. The summed E-state index contributed by atoms with van der Waals surface area (Å²) in [5, 5.41) is 5.95. The molecule has 2 aromatic carbocycles. The molecule has 0 spiro atoms. The highest BCUT2D eigenvalue weighted by Gasteiger charge is 2.22. The van der Waals surface area contributed by atoms with E-state index in [4.69, 9.17) is 0 Å². The zero-order valence-corrected chi connectivity index (χ0v) is 18.2. The molecule has 2 aliphatic heterocycles. The summed E-state index contributed by atoms with van der Waals surface area (Å²) in [5.41, 5.74) is 3.21. The van der Waals surface area contributed by atoms with Crippen molar-refractivity contribution in [3.8, 4) is 0 Å². The van der Waals surface area contributed by atoms with Crippen molar-refractivity contribution in [2.75, 3.05) is 29.9 Å². The number of amides is 2. The number of piperidine rings is 1. The lowest BCUT2D eigenvalue weighted by Crippen LogP contribution is -2.39. The first kappa shape index (κ1) is 21.5. The average molecular weight is 442 g/mol. The van der Waals surface area contributed by atoms with Gasteiger partial charge in [-0.2, -0.15) is 0 Å². The summed E-state index contributed by atoms with van der Waals surface area (Å²) in [4.78, 5) is 26.6. The predicted molar refractivity (Wildman–Crippen MR) is 120 cm³/mol. The molecule has 1 atom stereocenters. The minimum atomic E-state index is -2.91. The molecule has 0 aromatic heterocycles. The number of rotatable bonds is 5. The van der Waals surface area contributed by atoms with E-state index in [-0.39, 0.29) is 29.4 Å². The Balaban J connectivity index is 1.40. The molecule has 8 heteroatoms. The lowest BCUT2D eigenvalue weighted by atomic mass is 9.97. The van der Waals surface area contributed by atoms with Gasteiger partial charge in [-0.3, -0.25) is 14.5 Å². The Morgan fingerprint density at radius 1 is 1.10 bits per heavy atom. The van der Waals surface area contributed by atoms with Gasteiger partial charge in [0.2, 0.25) is 5.91 Å². The maximum atomic E-state index is 12.8. The molecule has 0 bridgehead atoms. The third-order valence-electron chi connectivity index (χ3n) is 5.81. The largest absolute Gasteiger partial charge is 0.349 e. The zero-order valence-electron chi connectivity index (χ0n) is 17.3. The van der Waals surface area contributed by atoms with E-state index in [1.54, 1.807) is 6.07 Å². The van der Waals surface area contributed by atoms with Gasteiger partial charge in [0, 0.05) is 37.3 Å². The Hall–Kier alpha value is -2.71. The molecule has 2 heterocycles. The van der Waals surface area contributed by atoms with Gasteiger partial charge in [0.25, 0.3) is 5.91 Å². The first-order valence-electron chi connectivity index (χ1n) is 10.6. The van der Waals surface area contributed by atoms with Gasteiger partial charge in [0.05, 0.1) is 17.5 Å². The molecule has 31 heavy (non-hydrogen) atoms. The predicted octanol–water partition coefficient (Wildman–Crippen LogP) is 2.51. The van der Waals surface area contributed by atoms with E-state index in [1.807, 2.05) is 42.5 Å². The highest BCUT2D eigenvalue weighted by atomic mass is 32.2. The van der Waals surface area contributed by atoms with Gasteiger partial charge in [-0.05, 0) is 48.2 Å². The Labute approximate surface area is 182 Å². The molecular weight excluding hydrogens is 414 g/mol. The van der Waals surface area contributed by atoms with Crippen molar-refractivity contribution >= 4 is 27.3 Å². The normalized spacial score (nSPS) is 21.3. The Morgan fingerprint density at radius 3 is 2.65 bits per heavy atom. The van der Waals surface area contributed by atoms with Crippen LogP contribution in [0.1, 0.15) is 46.8 Å². The fraction of sp³-hybridized carbons (Fsp3) is 0.391. The van der Waals surface area contributed by atoms with E-state index in [0.717, 1.165) is 24.0 Å². The van der Waals surface area contributed by atoms with Crippen molar-refractivity contribution in [2.24, 2.45) is 0 Å². The van der Waals surface area contributed by atoms with Gasteiger partial charge in [-0.15, -0.1) is 0 Å². The van der Waals surface area contributed by atoms with Crippen LogP contribution in [0, 0.1) is 0 Å². The van der Waals surface area contributed by atoms with Crippen molar-refractivity contribution in [1.82, 2.24) is 10.2 Å². The first-order chi connectivity index (χ1) is 14.9. The monoisotopic (exact) mass is 441 g/mol. The minimum absolute atomic E-state index is 0.0187. The van der Waals surface area contributed by atoms with Crippen LogP contribution in [0.5, 0.6) is 0 Å². The second-order valence-corrected chi connectivity index (χ2v) is 10.5. The van der Waals surface area contributed by atoms with Gasteiger partial charge in [0.15, 0.2) is 9.84 Å². The van der Waals surface area contributed by atoms with E-state index < -0.39 is 9.84 Å². The molecule has 2 fully saturated rings. The quantitative estimate of drug-likeness (QED) is 0.743. The van der Waals surface area contributed by atoms with E-state index in [1.165, 1.54) is 0 Å². The number of nitrogens with zero attached hydrogens (tertiary/aromatic N) is 1. The van der Waals surface area contributed by atoms with E-state index in [2.05, 4.69) is 15.5 Å². The van der Waals surface area contributed by atoms with Crippen molar-refractivity contribution in [1.29, 1.82) is 0 Å². The Morgan fingerprint density at radius 2 is 1.87 bits per heavy atom. The van der Waals surface area contributed by atoms with E-state index >= 15 is 0 Å². The average Bonchev–Trinajstić information content (AvgIpc) is 2.76. The topological polar surface area (TPSA) is 95.6 Å². The van der Waals surface area contributed by atoms with Crippen molar-refractivity contribution in [2.45, 2.75) is 31.8 Å². The molecule has 7 nitrogen and oxygen atoms in total. The molecule has 0 saturated carbocycles. The number of sulfone groups is 1. The summed E-state index contributed by atoms with van der Waals surface area (Å²) < 4.78 is 23.2. The highest BCUT2D eigenvalue weighted by Crippen LogP contribution is 2.25. The minimum Gasteiger partial charge on any atom is -0.349 e. The van der Waals surface area contributed by atoms with Crippen LogP contribution in [0.2, 0.25) is 0 Å². The zero-order chi connectivity index (χ0) is 21.8. The van der Waals surface area contributed by atoms with Crippen LogP contribution in [-0.2, 0) is 21.2 Å². The molecule has 2 aromatic rings. The molecule has 0 aliphatic carbocycles. The van der Waals surface area contributed by atoms with Crippen LogP contribution in [0.4, 0.5) is 5.69 Å². The van der Waals surface area contributed by atoms with Gasteiger partial charge in [0.1, 0.15) is 0 Å². The SMILES string of the molecule is O=C1CCCC(c2cccc(NC(=O)c3cccc(CN4CCS(=O)(=O)CC4)c3)c2)N1. The fourth-order valence-electron chi connectivity index (χ4n) is 4.07. The molecule has 2 saturated heterocycles. The molecule has 2 amide bonds. The Kier molecular flexibility index (Phi) is 6.38. The van der Waals surface area contributed by atoms with Crippen LogP contribution >= 0.6 is 0 Å². The maximum Gasteiger partial charge on any atom is 0.255 e. The number of benzene rings is 2. The smallest absolute Gasteiger partial charge is 0.255 e. The molecule has 2 N–H and O–H groups in total. The fourth-order valence-corrected chi connectivity index (χ4v) is 5.35. The van der Waals surface area contributed by atoms with Gasteiger partial charge >= 0.3 is 0 Å². The molecule has 2 aliphatic rings. The second kappa shape index (κ2) is 9.20. The number of hydrogen-bond acceptors (Lipinski definition) is 5. The van der Waals surface area contributed by atoms with Crippen LogP contribution in [0.25, 0.3) is 0 Å². The van der Waals surface area contributed by atoms with Crippen molar-refractivity contribution < 1.29 is 18.0 Å². The summed E-state index contributed by atoms with van der Waals surface area (Å²) in [5.74, 6) is 0.234. The third kappa shape index (κ3) is 5.71. The van der Waals surface area contributed by atoms with Crippen molar-refractivity contribution in [3.05, 3.63) is 65.2 Å². The summed E-state index contributed by atoms with van der Waals surface area (Å²) >= 11 is 0. The summed E-state index contributed by atoms with van der Waals surface area (Å²) in [6.07, 6.45) is 2.32.